The number of halogens is 3. The third kappa shape index (κ3) is 5.11. The summed E-state index contributed by atoms with van der Waals surface area (Å²) in [7, 11) is 0. The number of benzene rings is 1. The van der Waals surface area contributed by atoms with Crippen LogP contribution in [0, 0.1) is 0 Å². The summed E-state index contributed by atoms with van der Waals surface area (Å²) < 4.78 is 42.3. The van der Waals surface area contributed by atoms with Gasteiger partial charge in [0.05, 0.1) is 5.56 Å². The molecule has 112 valence electrons. The van der Waals surface area contributed by atoms with E-state index in [0.29, 0.717) is 6.07 Å². The molecule has 1 rings (SSSR count). The standard InChI is InChI=1S/C14H17F3O3/c1-13(2,3)20-12(19)7-5-9-4-6-10(8-11(9)18)14(15,16)17/h4,6,8,18H,5,7H2,1-3H3. The monoisotopic (exact) mass is 290 g/mol. The minimum Gasteiger partial charge on any atom is -0.508 e. The van der Waals surface area contributed by atoms with E-state index in [1.54, 1.807) is 20.8 Å². The van der Waals surface area contributed by atoms with Crippen LogP contribution in [-0.2, 0) is 22.1 Å². The first kappa shape index (κ1) is 16.3. The molecule has 0 bridgehead atoms. The third-order valence-corrected chi connectivity index (χ3v) is 2.43. The van der Waals surface area contributed by atoms with Crippen molar-refractivity contribution in [2.75, 3.05) is 0 Å². The van der Waals surface area contributed by atoms with Gasteiger partial charge in [0, 0.05) is 6.42 Å². The molecule has 0 spiro atoms. The van der Waals surface area contributed by atoms with Crippen molar-refractivity contribution in [1.29, 1.82) is 0 Å². The molecule has 0 saturated carbocycles. The Kier molecular flexibility index (Phi) is 4.68. The zero-order valence-corrected chi connectivity index (χ0v) is 11.5. The highest BCUT2D eigenvalue weighted by molar-refractivity contribution is 5.70. The highest BCUT2D eigenvalue weighted by Gasteiger charge is 2.31. The van der Waals surface area contributed by atoms with Crippen LogP contribution >= 0.6 is 0 Å². The van der Waals surface area contributed by atoms with Crippen molar-refractivity contribution in [2.45, 2.75) is 45.4 Å². The van der Waals surface area contributed by atoms with E-state index in [1.165, 1.54) is 6.07 Å². The van der Waals surface area contributed by atoms with Crippen LogP contribution in [-0.4, -0.2) is 16.7 Å². The number of esters is 1. The number of phenols is 1. The van der Waals surface area contributed by atoms with Gasteiger partial charge in [-0.3, -0.25) is 4.79 Å². The molecule has 0 radical (unpaired) electrons. The summed E-state index contributed by atoms with van der Waals surface area (Å²) in [5.41, 5.74) is -1.25. The van der Waals surface area contributed by atoms with E-state index in [9.17, 15) is 23.1 Å². The molecule has 0 saturated heterocycles. The first-order chi connectivity index (χ1) is 8.99. The lowest BCUT2D eigenvalue weighted by molar-refractivity contribution is -0.154. The van der Waals surface area contributed by atoms with Crippen molar-refractivity contribution in [3.05, 3.63) is 29.3 Å². The van der Waals surface area contributed by atoms with Crippen molar-refractivity contribution in [3.8, 4) is 5.75 Å². The number of phenolic OH excluding ortho intramolecular Hbond substituents is 1. The van der Waals surface area contributed by atoms with Gasteiger partial charge in [0.15, 0.2) is 0 Å². The summed E-state index contributed by atoms with van der Waals surface area (Å²) >= 11 is 0. The Labute approximate surface area is 115 Å². The molecule has 0 aliphatic rings. The van der Waals surface area contributed by atoms with Gasteiger partial charge in [-0.1, -0.05) is 6.07 Å². The molecule has 0 heterocycles. The Balaban J connectivity index is 2.68. The zero-order chi connectivity index (χ0) is 15.6. The Hall–Kier alpha value is -1.72. The third-order valence-electron chi connectivity index (χ3n) is 2.43. The van der Waals surface area contributed by atoms with Gasteiger partial charge in [-0.15, -0.1) is 0 Å². The van der Waals surface area contributed by atoms with Gasteiger partial charge < -0.3 is 9.84 Å². The second-order valence-electron chi connectivity index (χ2n) is 5.43. The lowest BCUT2D eigenvalue weighted by atomic mass is 10.1. The van der Waals surface area contributed by atoms with Crippen molar-refractivity contribution in [1.82, 2.24) is 0 Å². The summed E-state index contributed by atoms with van der Waals surface area (Å²) in [6, 6.07) is 2.71. The van der Waals surface area contributed by atoms with Crippen LogP contribution in [0.5, 0.6) is 5.75 Å². The van der Waals surface area contributed by atoms with Gasteiger partial charge in [-0.05, 0) is 44.9 Å². The molecule has 0 amide bonds. The lowest BCUT2D eigenvalue weighted by Crippen LogP contribution is -2.24. The maximum Gasteiger partial charge on any atom is 0.416 e. The molecule has 1 N–H and O–H groups in total. The van der Waals surface area contributed by atoms with Crippen LogP contribution in [0.3, 0.4) is 0 Å². The molecule has 6 heteroatoms. The highest BCUT2D eigenvalue weighted by Crippen LogP contribution is 2.33. The van der Waals surface area contributed by atoms with E-state index in [0.717, 1.165) is 6.07 Å². The van der Waals surface area contributed by atoms with Gasteiger partial charge in [-0.2, -0.15) is 13.2 Å². The molecule has 0 aliphatic carbocycles. The van der Waals surface area contributed by atoms with E-state index in [1.807, 2.05) is 0 Å². The number of hydrogen-bond acceptors (Lipinski definition) is 3. The Morgan fingerprint density at radius 3 is 2.30 bits per heavy atom. The maximum atomic E-state index is 12.4. The summed E-state index contributed by atoms with van der Waals surface area (Å²) in [5, 5.41) is 9.55. The summed E-state index contributed by atoms with van der Waals surface area (Å²) in [6.07, 6.45) is -4.38. The van der Waals surface area contributed by atoms with Crippen molar-refractivity contribution in [2.24, 2.45) is 0 Å². The molecule has 0 fully saturated rings. The van der Waals surface area contributed by atoms with Gasteiger partial charge in [0.2, 0.25) is 0 Å². The van der Waals surface area contributed by atoms with E-state index >= 15 is 0 Å². The SMILES string of the molecule is CC(C)(C)OC(=O)CCc1ccc(C(F)(F)F)cc1O. The molecule has 3 nitrogen and oxygen atoms in total. The minimum absolute atomic E-state index is 0.00378. The van der Waals surface area contributed by atoms with Crippen LogP contribution in [0.1, 0.15) is 38.3 Å². The number of carbonyl (C=O) groups is 1. The fourth-order valence-corrected chi connectivity index (χ4v) is 1.58. The number of ether oxygens (including phenoxy) is 1. The van der Waals surface area contributed by atoms with Gasteiger partial charge >= 0.3 is 12.1 Å². The van der Waals surface area contributed by atoms with Crippen LogP contribution in [0.4, 0.5) is 13.2 Å². The molecule has 0 unspecified atom stereocenters. The molecule has 1 aromatic carbocycles. The fraction of sp³-hybridized carbons (Fsp3) is 0.500. The largest absolute Gasteiger partial charge is 0.508 e. The molecule has 20 heavy (non-hydrogen) atoms. The summed E-state index contributed by atoms with van der Waals surface area (Å²) in [5.74, 6) is -0.930. The second kappa shape index (κ2) is 5.73. The van der Waals surface area contributed by atoms with Crippen molar-refractivity contribution in [3.63, 3.8) is 0 Å². The van der Waals surface area contributed by atoms with Crippen molar-refractivity contribution < 1.29 is 27.8 Å². The summed E-state index contributed by atoms with van der Waals surface area (Å²) in [4.78, 5) is 11.5. The quantitative estimate of drug-likeness (QED) is 0.864. The van der Waals surface area contributed by atoms with E-state index in [4.69, 9.17) is 4.74 Å². The molecule has 0 aromatic heterocycles. The van der Waals surface area contributed by atoms with Crippen molar-refractivity contribution >= 4 is 5.97 Å². The van der Waals surface area contributed by atoms with Crippen LogP contribution in [0.15, 0.2) is 18.2 Å². The number of hydrogen-bond donors (Lipinski definition) is 1. The number of aromatic hydroxyl groups is 1. The normalized spacial score (nSPS) is 12.3. The first-order valence-corrected chi connectivity index (χ1v) is 6.10. The number of rotatable bonds is 3. The Morgan fingerprint density at radius 1 is 1.25 bits per heavy atom. The smallest absolute Gasteiger partial charge is 0.416 e. The molecular weight excluding hydrogens is 273 g/mol. The number of carbonyl (C=O) groups excluding carboxylic acids is 1. The van der Waals surface area contributed by atoms with Gasteiger partial charge in [-0.25, -0.2) is 0 Å². The van der Waals surface area contributed by atoms with Gasteiger partial charge in [0.1, 0.15) is 11.4 Å². The predicted molar refractivity (Wildman–Crippen MR) is 67.3 cm³/mol. The zero-order valence-electron chi connectivity index (χ0n) is 11.5. The number of alkyl halides is 3. The predicted octanol–water partition coefficient (Wildman–Crippen LogP) is 3.69. The average Bonchev–Trinajstić information content (AvgIpc) is 2.23. The maximum absolute atomic E-state index is 12.4. The topological polar surface area (TPSA) is 46.5 Å². The molecule has 0 aliphatic heterocycles. The Bertz CT molecular complexity index is 487. The lowest BCUT2D eigenvalue weighted by Gasteiger charge is -2.19. The molecular formula is C14H17F3O3. The van der Waals surface area contributed by atoms with Crippen LogP contribution in [0.2, 0.25) is 0 Å². The second-order valence-corrected chi connectivity index (χ2v) is 5.43. The molecule has 0 atom stereocenters. The average molecular weight is 290 g/mol. The van der Waals surface area contributed by atoms with E-state index < -0.39 is 29.1 Å². The Morgan fingerprint density at radius 2 is 1.85 bits per heavy atom. The molecule has 1 aromatic rings. The minimum atomic E-state index is -4.50. The summed E-state index contributed by atoms with van der Waals surface area (Å²) in [6.45, 7) is 5.17. The van der Waals surface area contributed by atoms with E-state index in [-0.39, 0.29) is 18.4 Å². The fourth-order valence-electron chi connectivity index (χ4n) is 1.58. The van der Waals surface area contributed by atoms with Crippen LogP contribution in [0.25, 0.3) is 0 Å². The number of aryl methyl sites for hydroxylation is 1. The highest BCUT2D eigenvalue weighted by atomic mass is 19.4. The van der Waals surface area contributed by atoms with E-state index in [2.05, 4.69) is 0 Å². The van der Waals surface area contributed by atoms with Crippen LogP contribution < -0.4 is 0 Å². The van der Waals surface area contributed by atoms with Gasteiger partial charge in [0.25, 0.3) is 0 Å². The first-order valence-electron chi connectivity index (χ1n) is 6.10.